The average molecular weight is 317 g/mol. The van der Waals surface area contributed by atoms with Gasteiger partial charge >= 0.3 is 0 Å². The molecule has 124 valence electrons. The van der Waals surface area contributed by atoms with Crippen LogP contribution in [0.4, 0.5) is 0 Å². The van der Waals surface area contributed by atoms with Crippen LogP contribution >= 0.6 is 0 Å². The Morgan fingerprint density at radius 2 is 1.96 bits per heavy atom. The maximum absolute atomic E-state index is 12.4. The molecule has 0 aliphatic carbocycles. The van der Waals surface area contributed by atoms with E-state index in [1.54, 1.807) is 6.07 Å². The van der Waals surface area contributed by atoms with Gasteiger partial charge in [0.15, 0.2) is 5.76 Å². The van der Waals surface area contributed by atoms with Crippen LogP contribution in [-0.4, -0.2) is 47.0 Å². The summed E-state index contributed by atoms with van der Waals surface area (Å²) in [7, 11) is 0. The van der Waals surface area contributed by atoms with Crippen molar-refractivity contribution in [3.05, 3.63) is 40.7 Å². The van der Waals surface area contributed by atoms with Crippen LogP contribution in [0, 0.1) is 13.8 Å². The van der Waals surface area contributed by atoms with Crippen molar-refractivity contribution in [2.24, 2.45) is 0 Å². The number of rotatable bonds is 4. The van der Waals surface area contributed by atoms with Gasteiger partial charge in [-0.2, -0.15) is 0 Å². The molecule has 0 aromatic carbocycles. The number of carbonyl (C=O) groups excluding carboxylic acids is 1. The molecule has 1 saturated heterocycles. The number of amides is 1. The number of nitrogens with zero attached hydrogens (tertiary/aromatic N) is 3. The van der Waals surface area contributed by atoms with Crippen LogP contribution in [0.1, 0.15) is 40.3 Å². The zero-order valence-corrected chi connectivity index (χ0v) is 14.0. The van der Waals surface area contributed by atoms with Crippen molar-refractivity contribution < 1.29 is 13.7 Å². The van der Waals surface area contributed by atoms with Gasteiger partial charge in [0, 0.05) is 44.7 Å². The van der Waals surface area contributed by atoms with Crippen molar-refractivity contribution >= 4 is 5.91 Å². The predicted octanol–water partition coefficient (Wildman–Crippen LogP) is 2.40. The summed E-state index contributed by atoms with van der Waals surface area (Å²) in [6, 6.07) is 3.65. The number of aryl methyl sites for hydroxylation is 3. The smallest absolute Gasteiger partial charge is 0.289 e. The summed E-state index contributed by atoms with van der Waals surface area (Å²) in [5.41, 5.74) is 2.10. The number of piperazine rings is 1. The molecule has 0 unspecified atom stereocenters. The molecule has 3 rings (SSSR count). The SMILES string of the molecule is CCc1ccc(C(=O)N2CCN(Cc3c(C)noc3C)CC2)o1. The molecule has 1 amide bonds. The molecule has 0 saturated carbocycles. The van der Waals surface area contributed by atoms with E-state index in [-0.39, 0.29) is 5.91 Å². The third kappa shape index (κ3) is 3.32. The minimum Gasteiger partial charge on any atom is -0.456 e. The van der Waals surface area contributed by atoms with Crippen molar-refractivity contribution in [3.8, 4) is 0 Å². The van der Waals surface area contributed by atoms with E-state index >= 15 is 0 Å². The summed E-state index contributed by atoms with van der Waals surface area (Å²) < 4.78 is 10.8. The van der Waals surface area contributed by atoms with Gasteiger partial charge < -0.3 is 13.8 Å². The van der Waals surface area contributed by atoms with Crippen LogP contribution < -0.4 is 0 Å². The van der Waals surface area contributed by atoms with E-state index in [4.69, 9.17) is 8.94 Å². The quantitative estimate of drug-likeness (QED) is 0.866. The van der Waals surface area contributed by atoms with Gasteiger partial charge in [0.25, 0.3) is 5.91 Å². The Kier molecular flexibility index (Phi) is 4.52. The summed E-state index contributed by atoms with van der Waals surface area (Å²) in [6.07, 6.45) is 0.804. The van der Waals surface area contributed by atoms with E-state index in [2.05, 4.69) is 10.1 Å². The van der Waals surface area contributed by atoms with E-state index in [0.717, 1.165) is 48.8 Å². The maximum Gasteiger partial charge on any atom is 0.289 e. The number of hydrogen-bond donors (Lipinski definition) is 0. The zero-order chi connectivity index (χ0) is 16.4. The third-order valence-corrected chi connectivity index (χ3v) is 4.44. The molecule has 0 N–H and O–H groups in total. The highest BCUT2D eigenvalue weighted by Gasteiger charge is 2.25. The number of aromatic nitrogens is 1. The predicted molar refractivity (Wildman–Crippen MR) is 85.2 cm³/mol. The van der Waals surface area contributed by atoms with Gasteiger partial charge in [-0.15, -0.1) is 0 Å². The Labute approximate surface area is 136 Å². The number of furan rings is 1. The second-order valence-electron chi connectivity index (χ2n) is 5.99. The highest BCUT2D eigenvalue weighted by Crippen LogP contribution is 2.17. The van der Waals surface area contributed by atoms with Gasteiger partial charge in [0.2, 0.25) is 0 Å². The molecular weight excluding hydrogens is 294 g/mol. The van der Waals surface area contributed by atoms with Crippen LogP contribution in [0.15, 0.2) is 21.1 Å². The van der Waals surface area contributed by atoms with Gasteiger partial charge in [-0.3, -0.25) is 9.69 Å². The molecule has 23 heavy (non-hydrogen) atoms. The second kappa shape index (κ2) is 6.58. The van der Waals surface area contributed by atoms with Crippen LogP contribution in [0.2, 0.25) is 0 Å². The lowest BCUT2D eigenvalue weighted by Gasteiger charge is -2.34. The molecule has 1 aliphatic heterocycles. The lowest BCUT2D eigenvalue weighted by atomic mass is 10.1. The first kappa shape index (κ1) is 15.8. The fourth-order valence-corrected chi connectivity index (χ4v) is 2.90. The van der Waals surface area contributed by atoms with E-state index in [0.29, 0.717) is 18.8 Å². The summed E-state index contributed by atoms with van der Waals surface area (Å²) >= 11 is 0. The van der Waals surface area contributed by atoms with Crippen LogP contribution in [0.3, 0.4) is 0 Å². The monoisotopic (exact) mass is 317 g/mol. The topological polar surface area (TPSA) is 62.7 Å². The molecule has 3 heterocycles. The molecule has 2 aromatic rings. The van der Waals surface area contributed by atoms with Crippen molar-refractivity contribution in [3.63, 3.8) is 0 Å². The number of carbonyl (C=O) groups is 1. The average Bonchev–Trinajstić information content (AvgIpc) is 3.17. The second-order valence-corrected chi connectivity index (χ2v) is 5.99. The minimum atomic E-state index is -0.0123. The molecule has 0 bridgehead atoms. The molecule has 1 aliphatic rings. The van der Waals surface area contributed by atoms with E-state index in [1.807, 2.05) is 31.7 Å². The molecule has 0 radical (unpaired) electrons. The van der Waals surface area contributed by atoms with Gasteiger partial charge in [-0.05, 0) is 26.0 Å². The van der Waals surface area contributed by atoms with E-state index in [9.17, 15) is 4.79 Å². The van der Waals surface area contributed by atoms with Gasteiger partial charge in [0.05, 0.1) is 5.69 Å². The maximum atomic E-state index is 12.4. The fourth-order valence-electron chi connectivity index (χ4n) is 2.90. The fraction of sp³-hybridized carbons (Fsp3) is 0.529. The standard InChI is InChI=1S/C17H23N3O3/c1-4-14-5-6-16(22-14)17(21)20-9-7-19(8-10-20)11-15-12(2)18-23-13(15)3/h5-6H,4,7-11H2,1-3H3. The van der Waals surface area contributed by atoms with Crippen LogP contribution in [-0.2, 0) is 13.0 Å². The van der Waals surface area contributed by atoms with Gasteiger partial charge in [0.1, 0.15) is 11.5 Å². The Bertz CT molecular complexity index is 662. The Morgan fingerprint density at radius 1 is 1.22 bits per heavy atom. The molecule has 1 fully saturated rings. The highest BCUT2D eigenvalue weighted by molar-refractivity contribution is 5.91. The highest BCUT2D eigenvalue weighted by atomic mass is 16.5. The Hall–Kier alpha value is -2.08. The van der Waals surface area contributed by atoms with Crippen LogP contribution in [0.5, 0.6) is 0 Å². The molecule has 6 heteroatoms. The summed E-state index contributed by atoms with van der Waals surface area (Å²) in [6.45, 7) is 9.86. The largest absolute Gasteiger partial charge is 0.456 e. The normalized spacial score (nSPS) is 16.0. The zero-order valence-electron chi connectivity index (χ0n) is 14.0. The third-order valence-electron chi connectivity index (χ3n) is 4.44. The van der Waals surface area contributed by atoms with Gasteiger partial charge in [-0.1, -0.05) is 12.1 Å². The lowest BCUT2D eigenvalue weighted by molar-refractivity contribution is 0.0595. The molecule has 0 atom stereocenters. The van der Waals surface area contributed by atoms with E-state index in [1.165, 1.54) is 0 Å². The summed E-state index contributed by atoms with van der Waals surface area (Å²) in [5, 5.41) is 4.00. The van der Waals surface area contributed by atoms with Gasteiger partial charge in [-0.25, -0.2) is 0 Å². The van der Waals surface area contributed by atoms with Crippen molar-refractivity contribution in [2.45, 2.75) is 33.7 Å². The lowest BCUT2D eigenvalue weighted by Crippen LogP contribution is -2.48. The molecule has 6 nitrogen and oxygen atoms in total. The first-order valence-corrected chi connectivity index (χ1v) is 8.10. The summed E-state index contributed by atoms with van der Waals surface area (Å²) in [4.78, 5) is 16.6. The first-order chi connectivity index (χ1) is 11.1. The van der Waals surface area contributed by atoms with Crippen molar-refractivity contribution in [2.75, 3.05) is 26.2 Å². The van der Waals surface area contributed by atoms with Crippen LogP contribution in [0.25, 0.3) is 0 Å². The number of hydrogen-bond acceptors (Lipinski definition) is 5. The van der Waals surface area contributed by atoms with Crippen molar-refractivity contribution in [1.29, 1.82) is 0 Å². The Balaban J connectivity index is 1.57. The molecule has 2 aromatic heterocycles. The molecular formula is C17H23N3O3. The Morgan fingerprint density at radius 3 is 2.52 bits per heavy atom. The minimum absolute atomic E-state index is 0.0123. The molecule has 0 spiro atoms. The summed E-state index contributed by atoms with van der Waals surface area (Å²) in [5.74, 6) is 2.16. The van der Waals surface area contributed by atoms with E-state index < -0.39 is 0 Å². The van der Waals surface area contributed by atoms with Crippen molar-refractivity contribution in [1.82, 2.24) is 15.0 Å². The first-order valence-electron chi connectivity index (χ1n) is 8.10.